The number of amides is 3. The Kier molecular flexibility index (Phi) is 15.8. The van der Waals surface area contributed by atoms with Gasteiger partial charge in [-0.3, -0.25) is 24.2 Å². The van der Waals surface area contributed by atoms with Gasteiger partial charge in [-0.1, -0.05) is 59.2 Å². The molecule has 11 N–H and O–H groups in total. The number of nitrogens with two attached hydrogens (primary N) is 2. The number of imidazole rings is 1. The number of carbonyl (C=O) groups is 3. The number of fused-ring (bicyclic) bond motifs is 6. The lowest BCUT2D eigenvalue weighted by molar-refractivity contribution is -0.123. The van der Waals surface area contributed by atoms with E-state index in [0.29, 0.717) is 81.3 Å². The van der Waals surface area contributed by atoms with Gasteiger partial charge in [-0.05, 0) is 55.5 Å². The quantitative estimate of drug-likeness (QED) is 0.0330. The molecule has 6 heterocycles. The van der Waals surface area contributed by atoms with Gasteiger partial charge in [-0.15, -0.1) is 0 Å². The molecule has 3 amide bonds. The van der Waals surface area contributed by atoms with Crippen molar-refractivity contribution >= 4 is 74.3 Å². The van der Waals surface area contributed by atoms with Gasteiger partial charge in [-0.25, -0.2) is 15.0 Å². The van der Waals surface area contributed by atoms with Gasteiger partial charge in [-0.2, -0.15) is 4.98 Å². The van der Waals surface area contributed by atoms with Crippen LogP contribution in [0, 0.1) is 22.7 Å². The summed E-state index contributed by atoms with van der Waals surface area (Å²) in [6.07, 6.45) is 0.814. The van der Waals surface area contributed by atoms with Crippen molar-refractivity contribution in [3.05, 3.63) is 70.3 Å². The number of hydrogen-bond donors (Lipinski definition) is 9. The summed E-state index contributed by atoms with van der Waals surface area (Å²) in [5.41, 5.74) is 15.6. The van der Waals surface area contributed by atoms with Gasteiger partial charge in [0.05, 0.1) is 55.2 Å². The summed E-state index contributed by atoms with van der Waals surface area (Å²) in [6.45, 7) is 15.8. The molecule has 0 aliphatic carbocycles. The minimum Gasteiger partial charge on any atom is -0.382 e. The van der Waals surface area contributed by atoms with E-state index in [2.05, 4.69) is 71.0 Å². The van der Waals surface area contributed by atoms with Crippen molar-refractivity contribution in [1.29, 1.82) is 0 Å². The molecule has 21 heteroatoms. The fourth-order valence-corrected chi connectivity index (χ4v) is 9.63. The van der Waals surface area contributed by atoms with Gasteiger partial charge in [0.2, 0.25) is 17.8 Å². The lowest BCUT2D eigenvalue weighted by atomic mass is 9.72. The van der Waals surface area contributed by atoms with Gasteiger partial charge < -0.3 is 61.9 Å². The number of nitrogen functional groups attached to an aromatic ring is 2. The average molecular weight is 992 g/mol. The van der Waals surface area contributed by atoms with Crippen LogP contribution in [0.4, 0.5) is 29.0 Å². The maximum atomic E-state index is 13.3. The van der Waals surface area contributed by atoms with Gasteiger partial charge in [0, 0.05) is 73.0 Å². The molecule has 0 radical (unpaired) electrons. The highest BCUT2D eigenvalue weighted by atomic mass is 16.7. The van der Waals surface area contributed by atoms with Crippen LogP contribution in [0.3, 0.4) is 0 Å². The Bertz CT molecular complexity index is 2870. The zero-order valence-electron chi connectivity index (χ0n) is 42.0. The molecule has 1 saturated heterocycles. The van der Waals surface area contributed by atoms with Crippen LogP contribution < -0.4 is 43.6 Å². The number of pyridine rings is 1. The van der Waals surface area contributed by atoms with Gasteiger partial charge >= 0.3 is 0 Å². The van der Waals surface area contributed by atoms with Crippen LogP contribution >= 0.6 is 0 Å². The van der Waals surface area contributed by atoms with Crippen LogP contribution in [0.5, 0.6) is 0 Å². The molecule has 7 atom stereocenters. The molecule has 2 aromatic carbocycles. The number of benzene rings is 2. The Morgan fingerprint density at radius 2 is 1.82 bits per heavy atom. The number of anilines is 4. The van der Waals surface area contributed by atoms with Crippen LogP contribution in [0.15, 0.2) is 58.3 Å². The Morgan fingerprint density at radius 1 is 1.06 bits per heavy atom. The number of aliphatic imine (C=N–C) groups is 1. The molecule has 6 unspecified atom stereocenters. The number of aromatic amines is 1. The molecule has 1 fully saturated rings. The van der Waals surface area contributed by atoms with Crippen molar-refractivity contribution in [1.82, 2.24) is 40.5 Å². The monoisotopic (exact) mass is 992 g/mol. The number of aromatic nitrogens is 5. The van der Waals surface area contributed by atoms with E-state index >= 15 is 0 Å². The molecular formula is C51H69N13O8. The molecule has 72 heavy (non-hydrogen) atoms. The number of carbonyl (C=O) groups excluding carboxylic acids is 3. The van der Waals surface area contributed by atoms with E-state index in [4.69, 9.17) is 30.7 Å². The lowest BCUT2D eigenvalue weighted by Gasteiger charge is -2.41. The molecule has 3 aliphatic heterocycles. The van der Waals surface area contributed by atoms with Crippen molar-refractivity contribution in [2.24, 2.45) is 27.7 Å². The number of hydrogen-bond acceptors (Lipinski definition) is 16. The molecule has 386 valence electrons. The fourth-order valence-electron chi connectivity index (χ4n) is 9.63. The van der Waals surface area contributed by atoms with Crippen molar-refractivity contribution in [3.63, 3.8) is 0 Å². The first kappa shape index (κ1) is 51.7. The molecule has 0 saturated carbocycles. The number of nitrogens with zero attached hydrogens (tertiary/aromatic N) is 5. The maximum Gasteiger partial charge on any atom is 0.280 e. The topological polar surface area (TPSA) is 303 Å². The van der Waals surface area contributed by atoms with Crippen LogP contribution in [0.25, 0.3) is 21.9 Å². The van der Waals surface area contributed by atoms with E-state index < -0.39 is 29.4 Å². The van der Waals surface area contributed by atoms with Gasteiger partial charge in [0.1, 0.15) is 17.4 Å². The highest BCUT2D eigenvalue weighted by Gasteiger charge is 2.45. The van der Waals surface area contributed by atoms with E-state index in [1.54, 1.807) is 24.3 Å². The van der Waals surface area contributed by atoms with Gasteiger partial charge in [0.15, 0.2) is 23.6 Å². The normalized spacial score (nSPS) is 21.2. The first-order valence-electron chi connectivity index (χ1n) is 24.8. The van der Waals surface area contributed by atoms with Crippen molar-refractivity contribution < 1.29 is 33.7 Å². The fraction of sp³-hybridized carbons (Fsp3) is 0.529. The summed E-state index contributed by atoms with van der Waals surface area (Å²) < 4.78 is 19.9. The second-order valence-electron chi connectivity index (χ2n) is 20.6. The number of para-hydroxylation sites is 1. The van der Waals surface area contributed by atoms with Crippen LogP contribution in [0.2, 0.25) is 0 Å². The lowest BCUT2D eigenvalue weighted by Crippen LogP contribution is -2.42. The number of nitrogens with one attached hydrogen (secondary N) is 6. The summed E-state index contributed by atoms with van der Waals surface area (Å²) in [7, 11) is 0. The summed E-state index contributed by atoms with van der Waals surface area (Å²) >= 11 is 0. The number of aliphatic hydroxyl groups is 1. The summed E-state index contributed by atoms with van der Waals surface area (Å²) in [4.78, 5) is 72.1. The molecular weight excluding hydrogens is 923 g/mol. The summed E-state index contributed by atoms with van der Waals surface area (Å²) in [5, 5.41) is 26.4. The zero-order valence-corrected chi connectivity index (χ0v) is 42.0. The molecule has 8 rings (SSSR count). The Morgan fingerprint density at radius 3 is 2.57 bits per heavy atom. The second-order valence-corrected chi connectivity index (χ2v) is 20.6. The standard InChI is InChI=1S/C51H69N13O8/c1-7-31-21-37-61-40-42(33-10-8-9-11-34(33)59-44(40)52)64(37)25-51(31,6)27-70-19-18-54-39(66)20-28(2)23-71-26-50(4,5)24-56-38(65)17-16-35(43-48(69)72-43)60-46(67)30-12-14-32(15-13-30)55-22-36-29(3)57-45-41(58-36)47(68)63-49(53)62-45/h8-15,28-29,31,35,43,48,55,69H,7,16-27H2,1-6H3,(H2,52,59)(H,54,66)(H,56,65)(H,60,67)(H4,53,57,62,63,68)/t28?,29?,31?,35?,43-,48?,51?/m0/s1. The average Bonchev–Trinajstić information content (AvgIpc) is 3.95. The van der Waals surface area contributed by atoms with Crippen molar-refractivity contribution in [2.75, 3.05) is 68.2 Å². The highest BCUT2D eigenvalue weighted by Crippen LogP contribution is 2.42. The molecule has 0 bridgehead atoms. The van der Waals surface area contributed by atoms with E-state index in [-0.39, 0.29) is 59.6 Å². The third kappa shape index (κ3) is 12.3. The number of aliphatic hydroxyl groups excluding tert-OH is 1. The predicted octanol–water partition coefficient (Wildman–Crippen LogP) is 4.03. The van der Waals surface area contributed by atoms with Crippen LogP contribution in [-0.4, -0.2) is 124 Å². The summed E-state index contributed by atoms with van der Waals surface area (Å²) in [6, 6.07) is 14.1. The summed E-state index contributed by atoms with van der Waals surface area (Å²) in [5.74, 6) is 1.49. The first-order chi connectivity index (χ1) is 34.4. The van der Waals surface area contributed by atoms with Gasteiger partial charge in [0.25, 0.3) is 11.5 Å². The van der Waals surface area contributed by atoms with Crippen LogP contribution in [-0.2, 0) is 36.8 Å². The minimum absolute atomic E-state index is 0.00632. The Labute approximate surface area is 418 Å². The SMILES string of the molecule is CCC1Cc2nc3c(N)nc4ccccc4c3n2CC1(C)COCCNC(=O)CC(C)COCC(C)(C)CNC(=O)CCC(NC(=O)c1ccc(NCC2=Nc3c(nc(N)[nH]c3=O)NC2C)cc1)[C@@H]1OC1O. The third-order valence-electron chi connectivity index (χ3n) is 13.8. The molecule has 5 aromatic rings. The maximum absolute atomic E-state index is 13.3. The number of H-pyrrole nitrogens is 1. The molecule has 0 spiro atoms. The smallest absolute Gasteiger partial charge is 0.280 e. The Balaban J connectivity index is 0.706. The number of ether oxygens (including phenoxy) is 3. The molecule has 3 aliphatic rings. The van der Waals surface area contributed by atoms with Crippen LogP contribution in [0.1, 0.15) is 83.4 Å². The minimum atomic E-state index is -1.02. The second kappa shape index (κ2) is 22.0. The largest absolute Gasteiger partial charge is 0.382 e. The van der Waals surface area contributed by atoms with E-state index in [1.807, 2.05) is 45.9 Å². The van der Waals surface area contributed by atoms with E-state index in [1.165, 1.54) is 0 Å². The van der Waals surface area contributed by atoms with E-state index in [9.17, 15) is 24.3 Å². The molecule has 3 aromatic heterocycles. The molecule has 21 nitrogen and oxygen atoms in total. The zero-order chi connectivity index (χ0) is 51.3. The predicted molar refractivity (Wildman–Crippen MR) is 276 cm³/mol. The number of rotatable bonds is 23. The highest BCUT2D eigenvalue weighted by molar-refractivity contribution is 6.06. The van der Waals surface area contributed by atoms with E-state index in [0.717, 1.165) is 52.8 Å². The Hall–Kier alpha value is -6.68. The number of epoxide rings is 1. The third-order valence-corrected chi connectivity index (χ3v) is 13.8. The van der Waals surface area contributed by atoms with Crippen molar-refractivity contribution in [2.45, 2.75) is 105 Å². The first-order valence-corrected chi connectivity index (χ1v) is 24.8. The van der Waals surface area contributed by atoms with Crippen molar-refractivity contribution in [3.8, 4) is 0 Å².